The summed E-state index contributed by atoms with van der Waals surface area (Å²) in [5.74, 6) is 0.329. The van der Waals surface area contributed by atoms with Crippen LogP contribution < -0.4 is 4.90 Å². The normalized spacial score (nSPS) is 14.0. The van der Waals surface area contributed by atoms with Crippen molar-refractivity contribution in [1.82, 2.24) is 0 Å². The van der Waals surface area contributed by atoms with Crippen molar-refractivity contribution in [2.75, 3.05) is 11.4 Å². The second-order valence-corrected chi connectivity index (χ2v) is 4.84. The Balaban J connectivity index is 1.88. The molecule has 0 radical (unpaired) electrons. The highest BCUT2D eigenvalue weighted by atomic mass is 16.3. The second-order valence-electron chi connectivity index (χ2n) is 4.84. The molecular formula is C16H15NO2. The maximum Gasteiger partial charge on any atom is 0.150 e. The number of hydrogen-bond donors (Lipinski definition) is 1. The Morgan fingerprint density at radius 1 is 1.11 bits per heavy atom. The van der Waals surface area contributed by atoms with Crippen molar-refractivity contribution in [2.24, 2.45) is 0 Å². The van der Waals surface area contributed by atoms with E-state index in [-0.39, 0.29) is 0 Å². The second kappa shape index (κ2) is 4.76. The van der Waals surface area contributed by atoms with Crippen LogP contribution in [0.15, 0.2) is 42.5 Å². The zero-order valence-electron chi connectivity index (χ0n) is 10.5. The predicted molar refractivity (Wildman–Crippen MR) is 74.7 cm³/mol. The van der Waals surface area contributed by atoms with E-state index >= 15 is 0 Å². The van der Waals surface area contributed by atoms with Gasteiger partial charge in [0.1, 0.15) is 12.0 Å². The van der Waals surface area contributed by atoms with Crippen LogP contribution in [0.25, 0.3) is 0 Å². The molecule has 0 unspecified atom stereocenters. The minimum atomic E-state index is 0.329. The fourth-order valence-corrected chi connectivity index (χ4v) is 2.55. The molecular weight excluding hydrogens is 238 g/mol. The van der Waals surface area contributed by atoms with Crippen LogP contribution in [0.4, 0.5) is 5.69 Å². The van der Waals surface area contributed by atoms with Crippen LogP contribution in [-0.2, 0) is 13.0 Å². The summed E-state index contributed by atoms with van der Waals surface area (Å²) >= 11 is 0. The standard InChI is InChI=1S/C16H15NO2/c18-11-12-2-1-3-15(8-12)17-7-6-13-9-16(19)5-4-14(13)10-17/h1-5,8-9,11,19H,6-7,10H2. The molecule has 0 saturated heterocycles. The van der Waals surface area contributed by atoms with Gasteiger partial charge in [0.2, 0.25) is 0 Å². The van der Waals surface area contributed by atoms with E-state index in [0.717, 1.165) is 31.5 Å². The molecule has 0 aliphatic carbocycles. The molecule has 1 aliphatic heterocycles. The minimum Gasteiger partial charge on any atom is -0.508 e. The third-order valence-corrected chi connectivity index (χ3v) is 3.57. The van der Waals surface area contributed by atoms with Crippen molar-refractivity contribution in [3.05, 3.63) is 59.2 Å². The molecule has 0 atom stereocenters. The largest absolute Gasteiger partial charge is 0.508 e. The molecule has 2 aromatic carbocycles. The van der Waals surface area contributed by atoms with Crippen molar-refractivity contribution in [1.29, 1.82) is 0 Å². The Kier molecular flexibility index (Phi) is 2.95. The van der Waals surface area contributed by atoms with Crippen molar-refractivity contribution in [2.45, 2.75) is 13.0 Å². The number of nitrogens with zero attached hydrogens (tertiary/aromatic N) is 1. The molecule has 1 aliphatic rings. The predicted octanol–water partition coefficient (Wildman–Crippen LogP) is 2.77. The van der Waals surface area contributed by atoms with Gasteiger partial charge in [-0.15, -0.1) is 0 Å². The highest BCUT2D eigenvalue weighted by Crippen LogP contribution is 2.27. The van der Waals surface area contributed by atoms with E-state index in [1.54, 1.807) is 6.07 Å². The Morgan fingerprint density at radius 3 is 2.84 bits per heavy atom. The van der Waals surface area contributed by atoms with Gasteiger partial charge in [-0.2, -0.15) is 0 Å². The topological polar surface area (TPSA) is 40.5 Å². The number of carbonyl (C=O) groups is 1. The summed E-state index contributed by atoms with van der Waals surface area (Å²) in [6.07, 6.45) is 1.79. The number of aromatic hydroxyl groups is 1. The molecule has 1 N–H and O–H groups in total. The van der Waals surface area contributed by atoms with Crippen LogP contribution in [0, 0.1) is 0 Å². The molecule has 0 aromatic heterocycles. The first-order chi connectivity index (χ1) is 9.26. The molecule has 0 spiro atoms. The Morgan fingerprint density at radius 2 is 2.00 bits per heavy atom. The van der Waals surface area contributed by atoms with Crippen LogP contribution in [-0.4, -0.2) is 17.9 Å². The summed E-state index contributed by atoms with van der Waals surface area (Å²) in [5.41, 5.74) is 4.22. The summed E-state index contributed by atoms with van der Waals surface area (Å²) in [7, 11) is 0. The van der Waals surface area contributed by atoms with Crippen molar-refractivity contribution in [3.63, 3.8) is 0 Å². The average molecular weight is 253 g/mol. The number of phenolic OH excluding ortho intramolecular Hbond substituents is 1. The van der Waals surface area contributed by atoms with E-state index in [4.69, 9.17) is 0 Å². The summed E-state index contributed by atoms with van der Waals surface area (Å²) in [6.45, 7) is 1.72. The van der Waals surface area contributed by atoms with Crippen LogP contribution in [0.3, 0.4) is 0 Å². The third-order valence-electron chi connectivity index (χ3n) is 3.57. The van der Waals surface area contributed by atoms with Gasteiger partial charge in [0.25, 0.3) is 0 Å². The number of fused-ring (bicyclic) bond motifs is 1. The highest BCUT2D eigenvalue weighted by molar-refractivity contribution is 5.77. The van der Waals surface area contributed by atoms with Gasteiger partial charge in [-0.05, 0) is 41.8 Å². The molecule has 96 valence electrons. The van der Waals surface area contributed by atoms with Crippen LogP contribution in [0.5, 0.6) is 5.75 Å². The first-order valence-corrected chi connectivity index (χ1v) is 6.37. The highest BCUT2D eigenvalue weighted by Gasteiger charge is 2.17. The molecule has 3 nitrogen and oxygen atoms in total. The molecule has 2 aromatic rings. The molecule has 0 saturated carbocycles. The van der Waals surface area contributed by atoms with Gasteiger partial charge in [0.15, 0.2) is 0 Å². The minimum absolute atomic E-state index is 0.329. The number of hydrogen-bond acceptors (Lipinski definition) is 3. The van der Waals surface area contributed by atoms with Crippen LogP contribution >= 0.6 is 0 Å². The van der Waals surface area contributed by atoms with Gasteiger partial charge < -0.3 is 10.0 Å². The van der Waals surface area contributed by atoms with E-state index in [2.05, 4.69) is 4.90 Å². The Labute approximate surface area is 112 Å². The summed E-state index contributed by atoms with van der Waals surface area (Å²) in [6, 6.07) is 13.2. The maximum atomic E-state index is 10.8. The summed E-state index contributed by atoms with van der Waals surface area (Å²) in [4.78, 5) is 13.1. The lowest BCUT2D eigenvalue weighted by Gasteiger charge is -2.31. The average Bonchev–Trinajstić information content (AvgIpc) is 2.46. The van der Waals surface area contributed by atoms with E-state index in [9.17, 15) is 9.90 Å². The molecule has 19 heavy (non-hydrogen) atoms. The fourth-order valence-electron chi connectivity index (χ4n) is 2.55. The molecule has 3 heteroatoms. The molecule has 0 fully saturated rings. The quantitative estimate of drug-likeness (QED) is 0.837. The monoisotopic (exact) mass is 253 g/mol. The lowest BCUT2D eigenvalue weighted by atomic mass is 9.99. The van der Waals surface area contributed by atoms with Crippen molar-refractivity contribution >= 4 is 12.0 Å². The molecule has 1 heterocycles. The first kappa shape index (κ1) is 11.8. The SMILES string of the molecule is O=Cc1cccc(N2CCc3cc(O)ccc3C2)c1. The Hall–Kier alpha value is -2.29. The van der Waals surface area contributed by atoms with Gasteiger partial charge in [0.05, 0.1) is 0 Å². The zero-order chi connectivity index (χ0) is 13.2. The zero-order valence-corrected chi connectivity index (χ0v) is 10.5. The Bertz CT molecular complexity index is 622. The molecule has 3 rings (SSSR count). The van der Waals surface area contributed by atoms with Gasteiger partial charge in [-0.25, -0.2) is 0 Å². The van der Waals surface area contributed by atoms with Gasteiger partial charge >= 0.3 is 0 Å². The van der Waals surface area contributed by atoms with E-state index in [1.165, 1.54) is 11.1 Å². The molecule has 0 bridgehead atoms. The van der Waals surface area contributed by atoms with Crippen molar-refractivity contribution in [3.8, 4) is 5.75 Å². The molecule has 0 amide bonds. The van der Waals surface area contributed by atoms with Gasteiger partial charge in [-0.3, -0.25) is 4.79 Å². The maximum absolute atomic E-state index is 10.8. The lowest BCUT2D eigenvalue weighted by Crippen LogP contribution is -2.30. The van der Waals surface area contributed by atoms with Crippen LogP contribution in [0.2, 0.25) is 0 Å². The summed E-state index contributed by atoms with van der Waals surface area (Å²) in [5, 5.41) is 9.49. The summed E-state index contributed by atoms with van der Waals surface area (Å²) < 4.78 is 0. The number of rotatable bonds is 2. The number of carbonyl (C=O) groups excluding carboxylic acids is 1. The van der Waals surface area contributed by atoms with E-state index in [1.807, 2.05) is 36.4 Å². The number of benzene rings is 2. The van der Waals surface area contributed by atoms with Crippen LogP contribution in [0.1, 0.15) is 21.5 Å². The lowest BCUT2D eigenvalue weighted by molar-refractivity contribution is 0.112. The van der Waals surface area contributed by atoms with E-state index < -0.39 is 0 Å². The van der Waals surface area contributed by atoms with Gasteiger partial charge in [-0.1, -0.05) is 18.2 Å². The number of phenols is 1. The van der Waals surface area contributed by atoms with Crippen molar-refractivity contribution < 1.29 is 9.90 Å². The first-order valence-electron chi connectivity index (χ1n) is 6.37. The van der Waals surface area contributed by atoms with E-state index in [0.29, 0.717) is 11.3 Å². The number of aldehydes is 1. The fraction of sp³-hybridized carbons (Fsp3) is 0.188. The number of anilines is 1. The van der Waals surface area contributed by atoms with Gasteiger partial charge in [0, 0.05) is 24.3 Å². The third kappa shape index (κ3) is 2.32. The smallest absolute Gasteiger partial charge is 0.150 e.